The Labute approximate surface area is 208 Å². The van der Waals surface area contributed by atoms with E-state index in [0.29, 0.717) is 11.1 Å². The molecule has 0 bridgehead atoms. The van der Waals surface area contributed by atoms with Gasteiger partial charge in [-0.05, 0) is 37.6 Å². The number of nitrogens with one attached hydrogen (secondary N) is 1. The van der Waals surface area contributed by atoms with Crippen LogP contribution < -0.4 is 14.9 Å². The number of carbonyl (C=O) groups excluding carboxylic acids is 4. The summed E-state index contributed by atoms with van der Waals surface area (Å²) in [6.07, 6.45) is 0.378. The molecule has 0 spiro atoms. The summed E-state index contributed by atoms with van der Waals surface area (Å²) in [4.78, 5) is 50.9. The zero-order valence-corrected chi connectivity index (χ0v) is 20.5. The van der Waals surface area contributed by atoms with Crippen LogP contribution in [0.15, 0.2) is 41.5 Å². The van der Waals surface area contributed by atoms with Crippen LogP contribution in [0.4, 0.5) is 5.69 Å². The number of fused-ring (bicyclic) bond motifs is 1. The molecule has 11 nitrogen and oxygen atoms in total. The van der Waals surface area contributed by atoms with E-state index in [-0.39, 0.29) is 66.3 Å². The molecule has 36 heavy (non-hydrogen) atoms. The highest BCUT2D eigenvalue weighted by Gasteiger charge is 2.34. The van der Waals surface area contributed by atoms with Gasteiger partial charge in [-0.1, -0.05) is 12.1 Å². The molecule has 2 aromatic carbocycles. The van der Waals surface area contributed by atoms with Gasteiger partial charge in [0, 0.05) is 13.0 Å². The van der Waals surface area contributed by atoms with Crippen molar-refractivity contribution in [1.29, 1.82) is 0 Å². The van der Waals surface area contributed by atoms with E-state index in [1.165, 1.54) is 33.5 Å². The first kappa shape index (κ1) is 26.2. The Morgan fingerprint density at radius 3 is 2.22 bits per heavy atom. The number of hydrogen-bond donors (Lipinski definition) is 1. The molecule has 2 amide bonds. The molecule has 0 aromatic heterocycles. The second kappa shape index (κ2) is 11.8. The van der Waals surface area contributed by atoms with E-state index in [0.717, 1.165) is 4.90 Å². The number of benzene rings is 2. The molecule has 0 radical (unpaired) electrons. The number of nitrogens with zero attached hydrogens (tertiary/aromatic N) is 2. The van der Waals surface area contributed by atoms with E-state index in [1.807, 2.05) is 0 Å². The zero-order valence-electron chi connectivity index (χ0n) is 20.5. The zero-order chi connectivity index (χ0) is 26.2. The maximum atomic E-state index is 12.6. The number of esters is 2. The van der Waals surface area contributed by atoms with E-state index in [4.69, 9.17) is 18.9 Å². The summed E-state index contributed by atoms with van der Waals surface area (Å²) in [5, 5.41) is 4.18. The van der Waals surface area contributed by atoms with Crippen LogP contribution in [0.25, 0.3) is 0 Å². The molecule has 0 fully saturated rings. The van der Waals surface area contributed by atoms with E-state index in [1.54, 1.807) is 31.2 Å². The number of ether oxygens (including phenoxy) is 4. The largest absolute Gasteiger partial charge is 0.493 e. The summed E-state index contributed by atoms with van der Waals surface area (Å²) >= 11 is 0. The minimum absolute atomic E-state index is 0.0259. The second-order valence-corrected chi connectivity index (χ2v) is 7.55. The minimum atomic E-state index is -0.664. The van der Waals surface area contributed by atoms with Gasteiger partial charge in [0.15, 0.2) is 11.5 Å². The molecule has 1 N–H and O–H groups in total. The first-order valence-corrected chi connectivity index (χ1v) is 11.1. The molecule has 2 aromatic rings. The van der Waals surface area contributed by atoms with Gasteiger partial charge in [0.25, 0.3) is 11.8 Å². The van der Waals surface area contributed by atoms with Crippen LogP contribution in [0.1, 0.15) is 50.8 Å². The number of hydrazone groups is 1. The van der Waals surface area contributed by atoms with Crippen LogP contribution in [-0.2, 0) is 14.3 Å². The normalized spacial score (nSPS) is 12.8. The number of carbonyl (C=O) groups is 4. The lowest BCUT2D eigenvalue weighted by Gasteiger charge is -2.15. The van der Waals surface area contributed by atoms with Crippen molar-refractivity contribution in [2.24, 2.45) is 5.10 Å². The van der Waals surface area contributed by atoms with Crippen molar-refractivity contribution in [3.63, 3.8) is 0 Å². The molecule has 3 rings (SSSR count). The van der Waals surface area contributed by atoms with E-state index in [9.17, 15) is 19.2 Å². The van der Waals surface area contributed by atoms with Gasteiger partial charge in [-0.2, -0.15) is 5.10 Å². The predicted molar refractivity (Wildman–Crippen MR) is 130 cm³/mol. The smallest absolute Gasteiger partial charge is 0.354 e. The second-order valence-electron chi connectivity index (χ2n) is 7.55. The molecule has 0 atom stereocenters. The van der Waals surface area contributed by atoms with Gasteiger partial charge in [0.2, 0.25) is 0 Å². The molecule has 0 aliphatic carbocycles. The highest BCUT2D eigenvalue weighted by atomic mass is 16.5. The summed E-state index contributed by atoms with van der Waals surface area (Å²) < 4.78 is 20.5. The minimum Gasteiger partial charge on any atom is -0.493 e. The van der Waals surface area contributed by atoms with Crippen LogP contribution in [-0.4, -0.2) is 68.8 Å². The lowest BCUT2D eigenvalue weighted by atomic mass is 10.1. The average molecular weight is 498 g/mol. The molecule has 0 saturated carbocycles. The van der Waals surface area contributed by atoms with Crippen LogP contribution in [0.2, 0.25) is 0 Å². The molecular weight excluding hydrogens is 470 g/mol. The van der Waals surface area contributed by atoms with Crippen LogP contribution >= 0.6 is 0 Å². The monoisotopic (exact) mass is 497 g/mol. The van der Waals surface area contributed by atoms with E-state index >= 15 is 0 Å². The fraction of sp³-hybridized carbons (Fsp3) is 0.320. The molecule has 1 aliphatic rings. The number of methoxy groups -OCH3 is 3. The number of hydrogen-bond acceptors (Lipinski definition) is 10. The Bertz CT molecular complexity index is 1170. The van der Waals surface area contributed by atoms with Crippen LogP contribution in [0.3, 0.4) is 0 Å². The number of imide groups is 1. The van der Waals surface area contributed by atoms with Gasteiger partial charge in [-0.15, -0.1) is 0 Å². The maximum absolute atomic E-state index is 12.6. The lowest BCUT2D eigenvalue weighted by molar-refractivity contribution is -0.135. The van der Waals surface area contributed by atoms with Crippen molar-refractivity contribution in [2.75, 3.05) is 39.9 Å². The van der Waals surface area contributed by atoms with Gasteiger partial charge in [-0.25, -0.2) is 9.59 Å². The molecule has 190 valence electrons. The fourth-order valence-electron chi connectivity index (χ4n) is 3.68. The standard InChI is InChI=1S/C25H27N3O8/c1-5-36-25(32)18(11-8-12-28-22(29)16-9-6-7-10-17(16)23(28)30)26-27-19-13-15(24(31)35-4)14-20(33-2)21(19)34-3/h6-7,9-10,13-14,27H,5,8,11-12H2,1-4H3/b26-18+. The van der Waals surface area contributed by atoms with Crippen LogP contribution in [0, 0.1) is 0 Å². The third-order valence-electron chi connectivity index (χ3n) is 5.40. The van der Waals surface area contributed by atoms with Crippen molar-refractivity contribution < 1.29 is 38.1 Å². The average Bonchev–Trinajstić information content (AvgIpc) is 3.14. The van der Waals surface area contributed by atoms with Crippen molar-refractivity contribution in [3.8, 4) is 11.5 Å². The topological polar surface area (TPSA) is 133 Å². The Hall–Kier alpha value is -4.41. The Balaban J connectivity index is 1.79. The quantitative estimate of drug-likeness (QED) is 0.215. The van der Waals surface area contributed by atoms with E-state index < -0.39 is 11.9 Å². The summed E-state index contributed by atoms with van der Waals surface area (Å²) in [7, 11) is 4.08. The third-order valence-corrected chi connectivity index (χ3v) is 5.40. The van der Waals surface area contributed by atoms with Crippen molar-refractivity contribution in [1.82, 2.24) is 4.90 Å². The summed E-state index contributed by atoms with van der Waals surface area (Å²) in [5.41, 5.74) is 3.90. The number of amides is 2. The van der Waals surface area contributed by atoms with Crippen LogP contribution in [0.5, 0.6) is 11.5 Å². The molecule has 0 saturated heterocycles. The third kappa shape index (κ3) is 5.45. The SMILES string of the molecule is CCOC(=O)/C(CCCN1C(=O)c2ccccc2C1=O)=N/Nc1cc(C(=O)OC)cc(OC)c1OC. The summed E-state index contributed by atoms with van der Waals surface area (Å²) in [6, 6.07) is 9.50. The molecular formula is C25H27N3O8. The van der Waals surface area contributed by atoms with E-state index in [2.05, 4.69) is 10.5 Å². The molecule has 11 heteroatoms. The first-order valence-electron chi connectivity index (χ1n) is 11.1. The summed E-state index contributed by atoms with van der Waals surface area (Å²) in [5.74, 6) is -1.51. The number of anilines is 1. The van der Waals surface area contributed by atoms with Gasteiger partial charge in [-0.3, -0.25) is 19.9 Å². The van der Waals surface area contributed by atoms with Gasteiger partial charge < -0.3 is 18.9 Å². The van der Waals surface area contributed by atoms with Gasteiger partial charge >= 0.3 is 11.9 Å². The Morgan fingerprint density at radius 1 is 1.00 bits per heavy atom. The Morgan fingerprint density at radius 2 is 1.67 bits per heavy atom. The van der Waals surface area contributed by atoms with Gasteiger partial charge in [0.1, 0.15) is 11.4 Å². The molecule has 1 heterocycles. The molecule has 0 unspecified atom stereocenters. The highest BCUT2D eigenvalue weighted by molar-refractivity contribution is 6.36. The van der Waals surface area contributed by atoms with Crippen molar-refractivity contribution in [2.45, 2.75) is 19.8 Å². The Kier molecular flexibility index (Phi) is 8.61. The predicted octanol–water partition coefficient (Wildman–Crippen LogP) is 2.90. The lowest BCUT2D eigenvalue weighted by Crippen LogP contribution is -2.31. The van der Waals surface area contributed by atoms with Crippen molar-refractivity contribution >= 4 is 35.2 Å². The van der Waals surface area contributed by atoms with Crippen molar-refractivity contribution in [3.05, 3.63) is 53.1 Å². The summed E-state index contributed by atoms with van der Waals surface area (Å²) in [6.45, 7) is 1.89. The van der Waals surface area contributed by atoms with Gasteiger partial charge in [0.05, 0.1) is 44.6 Å². The number of rotatable bonds is 11. The first-order chi connectivity index (χ1) is 17.4. The maximum Gasteiger partial charge on any atom is 0.354 e. The fourth-order valence-corrected chi connectivity index (χ4v) is 3.68. The molecule has 1 aliphatic heterocycles. The highest BCUT2D eigenvalue weighted by Crippen LogP contribution is 2.37.